The molecule has 10 nitrogen and oxygen atoms in total. The topological polar surface area (TPSA) is 117 Å². The summed E-state index contributed by atoms with van der Waals surface area (Å²) in [4.78, 5) is 59.4. The summed E-state index contributed by atoms with van der Waals surface area (Å²) in [7, 11) is 1.43. The maximum atomic E-state index is 14.3. The van der Waals surface area contributed by atoms with Crippen molar-refractivity contribution in [2.75, 3.05) is 25.2 Å². The van der Waals surface area contributed by atoms with Gasteiger partial charge in [-0.2, -0.15) is 0 Å². The molecule has 3 aromatic rings. The van der Waals surface area contributed by atoms with Gasteiger partial charge in [0.2, 0.25) is 0 Å². The fourth-order valence-corrected chi connectivity index (χ4v) is 6.33. The van der Waals surface area contributed by atoms with Crippen molar-refractivity contribution in [2.24, 2.45) is 4.99 Å². The molecule has 3 heterocycles. The molecule has 0 bridgehead atoms. The maximum absolute atomic E-state index is 14.3. The number of esters is 2. The summed E-state index contributed by atoms with van der Waals surface area (Å²) in [5.74, 6) is -0.941. The van der Waals surface area contributed by atoms with Crippen LogP contribution in [0.5, 0.6) is 11.5 Å². The number of hydrogen-bond donors (Lipinski definition) is 0. The molecule has 2 aliphatic heterocycles. The summed E-state index contributed by atoms with van der Waals surface area (Å²) in [6.45, 7) is 7.29. The Bertz CT molecular complexity index is 1800. The van der Waals surface area contributed by atoms with E-state index < -0.39 is 23.5 Å². The second kappa shape index (κ2) is 11.2. The number of hydrogen-bond acceptors (Lipinski definition) is 9. The number of nitrogens with zero attached hydrogens (tertiary/aromatic N) is 3. The van der Waals surface area contributed by atoms with Crippen LogP contribution in [0.15, 0.2) is 63.5 Å². The average Bonchev–Trinajstić information content (AvgIpc) is 3.40. The van der Waals surface area contributed by atoms with Crippen LogP contribution in [0, 0.1) is 0 Å². The Labute approximate surface area is 239 Å². The minimum atomic E-state index is -0.932. The van der Waals surface area contributed by atoms with E-state index in [9.17, 15) is 19.2 Å². The van der Waals surface area contributed by atoms with Gasteiger partial charge in [-0.05, 0) is 44.0 Å². The first-order valence-electron chi connectivity index (χ1n) is 13.2. The molecule has 0 saturated heterocycles. The van der Waals surface area contributed by atoms with Crippen LogP contribution < -0.4 is 29.3 Å². The van der Waals surface area contributed by atoms with Crippen molar-refractivity contribution in [3.05, 3.63) is 84.5 Å². The second-order valence-electron chi connectivity index (χ2n) is 9.48. The number of para-hydroxylation sites is 1. The minimum absolute atomic E-state index is 0.129. The molecule has 0 N–H and O–H groups in total. The van der Waals surface area contributed by atoms with E-state index in [-0.39, 0.29) is 34.1 Å². The highest BCUT2D eigenvalue weighted by atomic mass is 32.1. The van der Waals surface area contributed by atoms with Crippen molar-refractivity contribution in [2.45, 2.75) is 40.2 Å². The van der Waals surface area contributed by atoms with Gasteiger partial charge >= 0.3 is 11.9 Å². The minimum Gasteiger partial charge on any atom is -0.493 e. The van der Waals surface area contributed by atoms with Gasteiger partial charge in [0, 0.05) is 19.0 Å². The number of benzene rings is 2. The fraction of sp³-hybridized carbons (Fsp3) is 0.300. The van der Waals surface area contributed by atoms with Crippen molar-refractivity contribution < 1.29 is 28.6 Å². The van der Waals surface area contributed by atoms with E-state index in [2.05, 4.69) is 4.99 Å². The lowest BCUT2D eigenvalue weighted by Crippen LogP contribution is -2.41. The molecule has 0 aliphatic carbocycles. The third-order valence-corrected chi connectivity index (χ3v) is 7.90. The fourth-order valence-electron chi connectivity index (χ4n) is 5.20. The van der Waals surface area contributed by atoms with Crippen molar-refractivity contribution >= 4 is 40.4 Å². The molecule has 1 amide bonds. The third kappa shape index (κ3) is 4.76. The Morgan fingerprint density at radius 2 is 1.83 bits per heavy atom. The number of thiazole rings is 1. The molecule has 2 aliphatic rings. The van der Waals surface area contributed by atoms with E-state index in [1.54, 1.807) is 36.9 Å². The van der Waals surface area contributed by atoms with Crippen LogP contribution >= 0.6 is 11.3 Å². The predicted octanol–water partition coefficient (Wildman–Crippen LogP) is 2.86. The highest BCUT2D eigenvalue weighted by Crippen LogP contribution is 2.37. The third-order valence-electron chi connectivity index (χ3n) is 6.85. The summed E-state index contributed by atoms with van der Waals surface area (Å²) in [6.07, 6.45) is 0.752. The van der Waals surface area contributed by atoms with Gasteiger partial charge in [-0.3, -0.25) is 19.0 Å². The Kier molecular flexibility index (Phi) is 7.63. The lowest BCUT2D eigenvalue weighted by atomic mass is 9.95. The standard InChI is InChI=1S/C30H29N3O7S/c1-6-14-32-20-11-9-8-10-19(20)24(27(32)35)26-28(36)33-25(18-12-13-21(40-17(4)34)22(15-18)38-5)23(29(37)39-7-2)16(3)31-30(33)41-26/h8-13,15,25H,6-7,14H2,1-5H3/t25-/m1/s1. The SMILES string of the molecule is CCCN1C(=O)C(=c2sc3n(c2=O)[C@H](c2ccc(OC(C)=O)c(OC)c2)C(C(=O)OCC)=C(C)N=3)c2ccccc21. The first-order valence-corrected chi connectivity index (χ1v) is 14.0. The van der Waals surface area contributed by atoms with Crippen LogP contribution in [0.25, 0.3) is 5.57 Å². The summed E-state index contributed by atoms with van der Waals surface area (Å²) >= 11 is 1.11. The number of carbonyl (C=O) groups is 3. The monoisotopic (exact) mass is 575 g/mol. The van der Waals surface area contributed by atoms with Crippen molar-refractivity contribution in [3.63, 3.8) is 0 Å². The number of anilines is 1. The Hall–Kier alpha value is -4.51. The van der Waals surface area contributed by atoms with Gasteiger partial charge in [-0.1, -0.05) is 42.5 Å². The Balaban J connectivity index is 1.79. The molecule has 1 aromatic heterocycles. The number of rotatable bonds is 7. The number of ether oxygens (including phenoxy) is 3. The van der Waals surface area contributed by atoms with Gasteiger partial charge in [0.1, 0.15) is 4.53 Å². The lowest BCUT2D eigenvalue weighted by molar-refractivity contribution is -0.139. The highest BCUT2D eigenvalue weighted by Gasteiger charge is 2.37. The van der Waals surface area contributed by atoms with E-state index in [1.165, 1.54) is 18.6 Å². The molecule has 0 fully saturated rings. The van der Waals surface area contributed by atoms with Gasteiger partial charge in [-0.15, -0.1) is 0 Å². The molecule has 0 unspecified atom stereocenters. The molecule has 11 heteroatoms. The molecule has 1 atom stereocenters. The molecular weight excluding hydrogens is 546 g/mol. The summed E-state index contributed by atoms with van der Waals surface area (Å²) < 4.78 is 17.8. The average molecular weight is 576 g/mol. The maximum Gasteiger partial charge on any atom is 0.338 e. The Morgan fingerprint density at radius 1 is 1.07 bits per heavy atom. The first-order chi connectivity index (χ1) is 19.7. The van der Waals surface area contributed by atoms with E-state index >= 15 is 0 Å². The Morgan fingerprint density at radius 3 is 2.51 bits per heavy atom. The number of methoxy groups -OCH3 is 1. The largest absolute Gasteiger partial charge is 0.493 e. The summed E-state index contributed by atoms with van der Waals surface area (Å²) in [5, 5.41) is 0. The molecule has 212 valence electrons. The first kappa shape index (κ1) is 28.0. The van der Waals surface area contributed by atoms with Crippen LogP contribution in [0.1, 0.15) is 51.3 Å². The van der Waals surface area contributed by atoms with Gasteiger partial charge < -0.3 is 19.1 Å². The molecular formula is C30H29N3O7S. The normalized spacial score (nSPS) is 17.1. The van der Waals surface area contributed by atoms with E-state index in [0.29, 0.717) is 33.7 Å². The molecule has 0 saturated carbocycles. The molecule has 41 heavy (non-hydrogen) atoms. The number of amides is 1. The lowest BCUT2D eigenvalue weighted by Gasteiger charge is -2.25. The quantitative estimate of drug-likeness (QED) is 0.314. The van der Waals surface area contributed by atoms with Crippen LogP contribution in [0.3, 0.4) is 0 Å². The van der Waals surface area contributed by atoms with Gasteiger partial charge in [0.05, 0.1) is 42.3 Å². The van der Waals surface area contributed by atoms with Crippen molar-refractivity contribution in [1.82, 2.24) is 4.57 Å². The number of allylic oxidation sites excluding steroid dienone is 1. The van der Waals surface area contributed by atoms with E-state index in [1.807, 2.05) is 31.2 Å². The zero-order valence-corrected chi connectivity index (χ0v) is 24.2. The van der Waals surface area contributed by atoms with E-state index in [4.69, 9.17) is 14.2 Å². The molecule has 2 aromatic carbocycles. The van der Waals surface area contributed by atoms with Crippen molar-refractivity contribution in [1.29, 1.82) is 0 Å². The smallest absolute Gasteiger partial charge is 0.338 e. The predicted molar refractivity (Wildman–Crippen MR) is 153 cm³/mol. The van der Waals surface area contributed by atoms with Crippen LogP contribution in [-0.2, 0) is 19.1 Å². The van der Waals surface area contributed by atoms with Gasteiger partial charge in [-0.25, -0.2) is 9.79 Å². The van der Waals surface area contributed by atoms with Gasteiger partial charge in [0.15, 0.2) is 16.3 Å². The second-order valence-corrected chi connectivity index (χ2v) is 10.5. The molecule has 5 rings (SSSR count). The molecule has 0 spiro atoms. The number of fused-ring (bicyclic) bond motifs is 2. The van der Waals surface area contributed by atoms with Gasteiger partial charge in [0.25, 0.3) is 11.5 Å². The zero-order chi connectivity index (χ0) is 29.4. The van der Waals surface area contributed by atoms with Crippen LogP contribution in [0.2, 0.25) is 0 Å². The van der Waals surface area contributed by atoms with E-state index in [0.717, 1.165) is 23.4 Å². The van der Waals surface area contributed by atoms with Crippen molar-refractivity contribution in [3.8, 4) is 11.5 Å². The number of carbonyl (C=O) groups excluding carboxylic acids is 3. The number of aromatic nitrogens is 1. The van der Waals surface area contributed by atoms with Crippen LogP contribution in [-0.4, -0.2) is 42.7 Å². The zero-order valence-electron chi connectivity index (χ0n) is 23.3. The highest BCUT2D eigenvalue weighted by molar-refractivity contribution is 7.07. The molecule has 0 radical (unpaired) electrons. The van der Waals surface area contributed by atoms with Crippen LogP contribution in [0.4, 0.5) is 5.69 Å². The summed E-state index contributed by atoms with van der Waals surface area (Å²) in [6, 6.07) is 11.3. The summed E-state index contributed by atoms with van der Waals surface area (Å²) in [5.41, 5.74) is 2.39.